The standard InChI is InChI=1S/C20H28N4OS.HI/c1-4-21-20(23-14-18-11-10-16(2)26-18)22-13-12-19(25)24(3)15-17-8-6-5-7-9-17;/h5-11H,4,12-15H2,1-3H3,(H2,21,22,23);1H. The number of guanidine groups is 1. The van der Waals surface area contributed by atoms with Crippen LogP contribution in [0.3, 0.4) is 0 Å². The Morgan fingerprint density at radius 2 is 1.89 bits per heavy atom. The molecular weight excluding hydrogens is 471 g/mol. The summed E-state index contributed by atoms with van der Waals surface area (Å²) in [7, 11) is 1.84. The number of aryl methyl sites for hydroxylation is 1. The summed E-state index contributed by atoms with van der Waals surface area (Å²) in [5.41, 5.74) is 1.14. The third-order valence-corrected chi connectivity index (χ3v) is 4.84. The van der Waals surface area contributed by atoms with Crippen molar-refractivity contribution in [3.63, 3.8) is 0 Å². The van der Waals surface area contributed by atoms with Gasteiger partial charge in [-0.25, -0.2) is 4.99 Å². The highest BCUT2D eigenvalue weighted by Crippen LogP contribution is 2.15. The smallest absolute Gasteiger partial charge is 0.224 e. The highest BCUT2D eigenvalue weighted by Gasteiger charge is 2.09. The van der Waals surface area contributed by atoms with Crippen LogP contribution in [0, 0.1) is 6.92 Å². The number of rotatable bonds is 8. The van der Waals surface area contributed by atoms with E-state index in [4.69, 9.17) is 0 Å². The zero-order valence-electron chi connectivity index (χ0n) is 16.2. The van der Waals surface area contributed by atoms with Gasteiger partial charge in [0.15, 0.2) is 5.96 Å². The lowest BCUT2D eigenvalue weighted by Crippen LogP contribution is -2.39. The summed E-state index contributed by atoms with van der Waals surface area (Å²) in [5.74, 6) is 0.864. The molecule has 27 heavy (non-hydrogen) atoms. The first-order chi connectivity index (χ1) is 12.6. The van der Waals surface area contributed by atoms with Crippen molar-refractivity contribution in [3.05, 3.63) is 57.8 Å². The molecule has 0 aliphatic rings. The maximum Gasteiger partial charge on any atom is 0.224 e. The predicted molar refractivity (Wildman–Crippen MR) is 125 cm³/mol. The van der Waals surface area contributed by atoms with Gasteiger partial charge in [-0.3, -0.25) is 4.79 Å². The van der Waals surface area contributed by atoms with Crippen molar-refractivity contribution in [2.24, 2.45) is 4.99 Å². The van der Waals surface area contributed by atoms with Gasteiger partial charge in [0, 0.05) is 42.9 Å². The van der Waals surface area contributed by atoms with Crippen LogP contribution in [0.5, 0.6) is 0 Å². The third kappa shape index (κ3) is 8.75. The summed E-state index contributed by atoms with van der Waals surface area (Å²) in [6.45, 7) is 6.76. The average Bonchev–Trinajstić information content (AvgIpc) is 3.05. The third-order valence-electron chi connectivity index (χ3n) is 3.85. The van der Waals surface area contributed by atoms with Crippen LogP contribution in [0.4, 0.5) is 0 Å². The van der Waals surface area contributed by atoms with Crippen LogP contribution in [0.2, 0.25) is 0 Å². The maximum atomic E-state index is 12.3. The number of nitrogens with zero attached hydrogens (tertiary/aromatic N) is 2. The minimum absolute atomic E-state index is 0. The van der Waals surface area contributed by atoms with Crippen LogP contribution in [0.1, 0.15) is 28.7 Å². The van der Waals surface area contributed by atoms with Gasteiger partial charge in [0.1, 0.15) is 0 Å². The highest BCUT2D eigenvalue weighted by molar-refractivity contribution is 14.0. The van der Waals surface area contributed by atoms with Crippen molar-refractivity contribution in [1.29, 1.82) is 0 Å². The van der Waals surface area contributed by atoms with Crippen molar-refractivity contribution < 1.29 is 4.79 Å². The van der Waals surface area contributed by atoms with Gasteiger partial charge in [-0.2, -0.15) is 0 Å². The molecule has 1 aromatic heterocycles. The minimum atomic E-state index is 0. The molecule has 0 saturated heterocycles. The number of carbonyl (C=O) groups excluding carboxylic acids is 1. The topological polar surface area (TPSA) is 56.7 Å². The van der Waals surface area contributed by atoms with Gasteiger partial charge < -0.3 is 15.5 Å². The van der Waals surface area contributed by atoms with Gasteiger partial charge in [0.25, 0.3) is 0 Å². The molecule has 0 unspecified atom stereocenters. The summed E-state index contributed by atoms with van der Waals surface area (Å²) in [5, 5.41) is 6.46. The van der Waals surface area contributed by atoms with Crippen LogP contribution in [-0.4, -0.2) is 36.9 Å². The molecule has 1 amide bonds. The fraction of sp³-hybridized carbons (Fsp3) is 0.400. The van der Waals surface area contributed by atoms with Crippen molar-refractivity contribution in [2.45, 2.75) is 33.4 Å². The highest BCUT2D eigenvalue weighted by atomic mass is 127. The molecule has 0 saturated carbocycles. The van der Waals surface area contributed by atoms with Crippen molar-refractivity contribution in [2.75, 3.05) is 20.1 Å². The van der Waals surface area contributed by atoms with E-state index in [1.807, 2.05) is 44.3 Å². The molecule has 2 aromatic rings. The van der Waals surface area contributed by atoms with Gasteiger partial charge in [0.2, 0.25) is 5.91 Å². The molecular formula is C20H29IN4OS. The number of amides is 1. The van der Waals surface area contributed by atoms with Gasteiger partial charge in [-0.05, 0) is 31.5 Å². The van der Waals surface area contributed by atoms with Crippen LogP contribution >= 0.6 is 35.3 Å². The molecule has 2 rings (SSSR count). The Balaban J connectivity index is 0.00000364. The predicted octanol–water partition coefficient (Wildman–Crippen LogP) is 3.78. The van der Waals surface area contributed by atoms with Crippen LogP contribution in [-0.2, 0) is 17.9 Å². The monoisotopic (exact) mass is 500 g/mol. The first-order valence-corrected chi connectivity index (χ1v) is 9.75. The number of hydrogen-bond donors (Lipinski definition) is 2. The largest absolute Gasteiger partial charge is 0.357 e. The van der Waals surface area contributed by atoms with Crippen LogP contribution < -0.4 is 10.6 Å². The van der Waals surface area contributed by atoms with E-state index in [-0.39, 0.29) is 29.9 Å². The minimum Gasteiger partial charge on any atom is -0.357 e. The van der Waals surface area contributed by atoms with Gasteiger partial charge in [-0.1, -0.05) is 30.3 Å². The first-order valence-electron chi connectivity index (χ1n) is 8.94. The number of halogens is 1. The van der Waals surface area contributed by atoms with E-state index in [1.165, 1.54) is 9.75 Å². The molecule has 0 fully saturated rings. The second-order valence-corrected chi connectivity index (χ2v) is 7.49. The van der Waals surface area contributed by atoms with E-state index in [0.29, 0.717) is 26.1 Å². The summed E-state index contributed by atoms with van der Waals surface area (Å²) in [6.07, 6.45) is 0.436. The quantitative estimate of drug-likeness (QED) is 0.330. The zero-order valence-corrected chi connectivity index (χ0v) is 19.3. The molecule has 5 nitrogen and oxygen atoms in total. The Labute approximate surface area is 183 Å². The number of nitrogens with one attached hydrogen (secondary N) is 2. The Bertz CT molecular complexity index is 718. The van der Waals surface area contributed by atoms with Crippen molar-refractivity contribution in [1.82, 2.24) is 15.5 Å². The molecule has 1 heterocycles. The Morgan fingerprint density at radius 3 is 2.52 bits per heavy atom. The van der Waals surface area contributed by atoms with Crippen molar-refractivity contribution >= 4 is 47.2 Å². The fourth-order valence-corrected chi connectivity index (χ4v) is 3.31. The number of benzene rings is 1. The zero-order chi connectivity index (χ0) is 18.8. The van der Waals surface area contributed by atoms with Crippen LogP contribution in [0.15, 0.2) is 47.5 Å². The van der Waals surface area contributed by atoms with Crippen molar-refractivity contribution in [3.8, 4) is 0 Å². The molecule has 1 aromatic carbocycles. The van der Waals surface area contributed by atoms with E-state index >= 15 is 0 Å². The molecule has 7 heteroatoms. The number of hydrogen-bond acceptors (Lipinski definition) is 3. The SMILES string of the molecule is CCNC(=NCc1ccc(C)s1)NCCC(=O)N(C)Cc1ccccc1.I. The second kappa shape index (κ2) is 12.7. The first kappa shape index (κ1) is 23.4. The lowest BCUT2D eigenvalue weighted by Gasteiger charge is -2.18. The van der Waals surface area contributed by atoms with Gasteiger partial charge >= 0.3 is 0 Å². The summed E-state index contributed by atoms with van der Waals surface area (Å²) < 4.78 is 0. The lowest BCUT2D eigenvalue weighted by molar-refractivity contribution is -0.130. The summed E-state index contributed by atoms with van der Waals surface area (Å²) >= 11 is 1.76. The molecule has 0 bridgehead atoms. The maximum absolute atomic E-state index is 12.3. The van der Waals surface area contributed by atoms with E-state index < -0.39 is 0 Å². The fourth-order valence-electron chi connectivity index (χ4n) is 2.49. The number of aliphatic imine (C=N–C) groups is 1. The number of carbonyl (C=O) groups is 1. The van der Waals surface area contributed by atoms with E-state index in [0.717, 1.165) is 18.1 Å². The van der Waals surface area contributed by atoms with E-state index in [2.05, 4.69) is 34.7 Å². The Morgan fingerprint density at radius 1 is 1.15 bits per heavy atom. The number of thiophene rings is 1. The second-order valence-electron chi connectivity index (χ2n) is 6.12. The molecule has 2 N–H and O–H groups in total. The normalized spacial score (nSPS) is 10.9. The van der Waals surface area contributed by atoms with E-state index in [1.54, 1.807) is 16.2 Å². The van der Waals surface area contributed by atoms with Gasteiger partial charge in [0.05, 0.1) is 6.54 Å². The average molecular weight is 500 g/mol. The molecule has 0 radical (unpaired) electrons. The lowest BCUT2D eigenvalue weighted by atomic mass is 10.2. The summed E-state index contributed by atoms with van der Waals surface area (Å²) in [6, 6.07) is 14.2. The Kier molecular flexibility index (Phi) is 11.0. The molecule has 148 valence electrons. The Hall–Kier alpha value is -1.61. The molecule has 0 aliphatic carbocycles. The van der Waals surface area contributed by atoms with Crippen LogP contribution in [0.25, 0.3) is 0 Å². The molecule has 0 atom stereocenters. The summed E-state index contributed by atoms with van der Waals surface area (Å²) in [4.78, 5) is 21.2. The molecule has 0 spiro atoms. The van der Waals surface area contributed by atoms with E-state index in [9.17, 15) is 4.79 Å². The van der Waals surface area contributed by atoms with Gasteiger partial charge in [-0.15, -0.1) is 35.3 Å². The molecule has 0 aliphatic heterocycles.